The molecule has 3 atom stereocenters. The van der Waals surface area contributed by atoms with Crippen LogP contribution < -0.4 is 15.5 Å². The van der Waals surface area contributed by atoms with Crippen LogP contribution >= 0.6 is 11.6 Å². The number of hydrogen-bond donors (Lipinski definition) is 2. The number of hydrogen-bond acceptors (Lipinski definition) is 4. The molecule has 2 aliphatic rings. The number of nitrogens with zero attached hydrogens (tertiary/aromatic N) is 1. The van der Waals surface area contributed by atoms with Crippen LogP contribution in [0.25, 0.3) is 0 Å². The Bertz CT molecular complexity index is 627. The molecular weight excluding hydrogens is 371 g/mol. The zero-order chi connectivity index (χ0) is 18.7. The molecule has 1 unspecified atom stereocenters. The fourth-order valence-electron chi connectivity index (χ4n) is 3.37. The molecule has 26 heavy (non-hydrogen) atoms. The molecule has 5 nitrogen and oxygen atoms in total. The van der Waals surface area contributed by atoms with Crippen molar-refractivity contribution in [2.24, 2.45) is 11.8 Å². The number of anilines is 1. The predicted octanol–water partition coefficient (Wildman–Crippen LogP) is 2.06. The Hall–Kier alpha value is -1.51. The van der Waals surface area contributed by atoms with Crippen molar-refractivity contribution in [3.63, 3.8) is 0 Å². The van der Waals surface area contributed by atoms with E-state index in [-0.39, 0.29) is 25.7 Å². The van der Waals surface area contributed by atoms with Gasteiger partial charge in [0.25, 0.3) is 0 Å². The summed E-state index contributed by atoms with van der Waals surface area (Å²) in [6.45, 7) is 1.75. The van der Waals surface area contributed by atoms with Crippen LogP contribution in [0, 0.1) is 11.8 Å². The van der Waals surface area contributed by atoms with Crippen LogP contribution in [0.2, 0.25) is 5.02 Å². The number of carbonyl (C=O) groups is 1. The number of ether oxygens (including phenoxy) is 1. The maximum atomic E-state index is 13.0. The SMILES string of the molecule is O=C(NCC1CN(c2ccc(Cl)cc2)CCO1)[C@@H]1CNC[C@H]1C(F)(F)F. The van der Waals surface area contributed by atoms with Crippen LogP contribution in [0.5, 0.6) is 0 Å². The molecule has 0 bridgehead atoms. The highest BCUT2D eigenvalue weighted by atomic mass is 35.5. The minimum atomic E-state index is -4.38. The number of halogens is 4. The molecule has 2 heterocycles. The number of nitrogens with one attached hydrogen (secondary N) is 2. The number of carbonyl (C=O) groups excluding carboxylic acids is 1. The lowest BCUT2D eigenvalue weighted by atomic mass is 9.94. The number of benzene rings is 1. The Morgan fingerprint density at radius 3 is 2.73 bits per heavy atom. The second-order valence-corrected chi connectivity index (χ2v) is 7.01. The molecule has 3 rings (SSSR count). The summed E-state index contributed by atoms with van der Waals surface area (Å²) >= 11 is 5.89. The van der Waals surface area contributed by atoms with Gasteiger partial charge in [-0.05, 0) is 24.3 Å². The van der Waals surface area contributed by atoms with E-state index in [2.05, 4.69) is 15.5 Å². The monoisotopic (exact) mass is 391 g/mol. The van der Waals surface area contributed by atoms with Crippen molar-refractivity contribution in [1.82, 2.24) is 10.6 Å². The molecule has 1 amide bonds. The van der Waals surface area contributed by atoms with Crippen molar-refractivity contribution >= 4 is 23.2 Å². The molecule has 2 aliphatic heterocycles. The second-order valence-electron chi connectivity index (χ2n) is 6.57. The molecule has 0 radical (unpaired) electrons. The van der Waals surface area contributed by atoms with Crippen molar-refractivity contribution in [3.8, 4) is 0 Å². The van der Waals surface area contributed by atoms with E-state index in [1.165, 1.54) is 0 Å². The van der Waals surface area contributed by atoms with Gasteiger partial charge in [-0.25, -0.2) is 0 Å². The quantitative estimate of drug-likeness (QED) is 0.825. The first kappa shape index (κ1) is 19.3. The number of rotatable bonds is 4. The summed E-state index contributed by atoms with van der Waals surface area (Å²) in [6, 6.07) is 7.41. The summed E-state index contributed by atoms with van der Waals surface area (Å²) in [5.41, 5.74) is 0.992. The molecule has 0 aliphatic carbocycles. The summed E-state index contributed by atoms with van der Waals surface area (Å²) < 4.78 is 44.6. The van der Waals surface area contributed by atoms with Crippen LogP contribution in [0.4, 0.5) is 18.9 Å². The van der Waals surface area contributed by atoms with E-state index in [1.807, 2.05) is 12.1 Å². The lowest BCUT2D eigenvalue weighted by Crippen LogP contribution is -2.49. The molecule has 144 valence electrons. The van der Waals surface area contributed by atoms with Gasteiger partial charge in [0, 0.05) is 43.4 Å². The fraction of sp³-hybridized carbons (Fsp3) is 0.588. The highest BCUT2D eigenvalue weighted by molar-refractivity contribution is 6.30. The van der Waals surface area contributed by atoms with Crippen molar-refractivity contribution in [3.05, 3.63) is 29.3 Å². The van der Waals surface area contributed by atoms with E-state index < -0.39 is 23.9 Å². The molecular formula is C17H21ClF3N3O2. The first-order valence-corrected chi connectivity index (χ1v) is 8.89. The molecule has 2 N–H and O–H groups in total. The molecule has 9 heteroatoms. The number of alkyl halides is 3. The average Bonchev–Trinajstić information content (AvgIpc) is 3.11. The van der Waals surface area contributed by atoms with E-state index >= 15 is 0 Å². The van der Waals surface area contributed by atoms with Gasteiger partial charge < -0.3 is 20.3 Å². The largest absolute Gasteiger partial charge is 0.393 e. The van der Waals surface area contributed by atoms with E-state index in [1.54, 1.807) is 12.1 Å². The summed E-state index contributed by atoms with van der Waals surface area (Å²) in [6.07, 6.45) is -4.65. The van der Waals surface area contributed by atoms with Gasteiger partial charge in [0.05, 0.1) is 24.5 Å². The minimum absolute atomic E-state index is 0.0401. The first-order chi connectivity index (χ1) is 12.3. The van der Waals surface area contributed by atoms with Crippen LogP contribution in [0.15, 0.2) is 24.3 Å². The summed E-state index contributed by atoms with van der Waals surface area (Å²) in [4.78, 5) is 14.3. The lowest BCUT2D eigenvalue weighted by molar-refractivity contribution is -0.182. The van der Waals surface area contributed by atoms with E-state index in [0.29, 0.717) is 24.7 Å². The maximum absolute atomic E-state index is 13.0. The van der Waals surface area contributed by atoms with Crippen LogP contribution in [-0.2, 0) is 9.53 Å². The average molecular weight is 392 g/mol. The van der Waals surface area contributed by atoms with Gasteiger partial charge >= 0.3 is 6.18 Å². The Labute approximate surface area is 154 Å². The smallest absolute Gasteiger partial charge is 0.373 e. The zero-order valence-corrected chi connectivity index (χ0v) is 14.8. The molecule has 0 spiro atoms. The number of morpholine rings is 1. The third-order valence-corrected chi connectivity index (χ3v) is 5.06. The Morgan fingerprint density at radius 2 is 2.04 bits per heavy atom. The Balaban J connectivity index is 1.52. The maximum Gasteiger partial charge on any atom is 0.393 e. The molecule has 1 aromatic carbocycles. The highest BCUT2D eigenvalue weighted by Gasteiger charge is 2.49. The molecule has 0 saturated carbocycles. The molecule has 0 aromatic heterocycles. The standard InChI is InChI=1S/C17H21ClF3N3O2/c18-11-1-3-12(4-2-11)24-5-6-26-13(10-24)7-23-16(25)14-8-22-9-15(14)17(19,20)21/h1-4,13-15,22H,5-10H2,(H,23,25)/t13?,14-,15-/m1/s1. The normalized spacial score (nSPS) is 26.8. The Morgan fingerprint density at radius 1 is 1.31 bits per heavy atom. The molecule has 2 fully saturated rings. The first-order valence-electron chi connectivity index (χ1n) is 8.52. The minimum Gasteiger partial charge on any atom is -0.373 e. The van der Waals surface area contributed by atoms with Gasteiger partial charge in [-0.2, -0.15) is 13.2 Å². The highest BCUT2D eigenvalue weighted by Crippen LogP contribution is 2.34. The zero-order valence-electron chi connectivity index (χ0n) is 14.1. The van der Waals surface area contributed by atoms with E-state index in [0.717, 1.165) is 5.69 Å². The topological polar surface area (TPSA) is 53.6 Å². The summed E-state index contributed by atoms with van der Waals surface area (Å²) in [5, 5.41) is 5.92. The second kappa shape index (κ2) is 8.02. The van der Waals surface area contributed by atoms with Gasteiger partial charge in [0.2, 0.25) is 5.91 Å². The van der Waals surface area contributed by atoms with Crippen molar-refractivity contribution in [1.29, 1.82) is 0 Å². The summed E-state index contributed by atoms with van der Waals surface area (Å²) in [7, 11) is 0. The van der Waals surface area contributed by atoms with Crippen LogP contribution in [0.1, 0.15) is 0 Å². The van der Waals surface area contributed by atoms with Crippen molar-refractivity contribution in [2.45, 2.75) is 12.3 Å². The number of amides is 1. The van der Waals surface area contributed by atoms with Crippen LogP contribution in [0.3, 0.4) is 0 Å². The summed E-state index contributed by atoms with van der Waals surface area (Å²) in [5.74, 6) is -3.31. The van der Waals surface area contributed by atoms with Crippen molar-refractivity contribution < 1.29 is 22.7 Å². The predicted molar refractivity (Wildman–Crippen MR) is 92.3 cm³/mol. The molecule has 2 saturated heterocycles. The van der Waals surface area contributed by atoms with Gasteiger partial charge in [-0.3, -0.25) is 4.79 Å². The lowest BCUT2D eigenvalue weighted by Gasteiger charge is -2.35. The fourth-order valence-corrected chi connectivity index (χ4v) is 3.50. The Kier molecular flexibility index (Phi) is 5.94. The third kappa shape index (κ3) is 4.61. The molecule has 1 aromatic rings. The van der Waals surface area contributed by atoms with E-state index in [9.17, 15) is 18.0 Å². The van der Waals surface area contributed by atoms with Crippen LogP contribution in [-0.4, -0.2) is 57.5 Å². The van der Waals surface area contributed by atoms with E-state index in [4.69, 9.17) is 16.3 Å². The van der Waals surface area contributed by atoms with Gasteiger partial charge in [0.15, 0.2) is 0 Å². The van der Waals surface area contributed by atoms with Crippen molar-refractivity contribution in [2.75, 3.05) is 44.2 Å². The van der Waals surface area contributed by atoms with Gasteiger partial charge in [0.1, 0.15) is 0 Å². The third-order valence-electron chi connectivity index (χ3n) is 4.81. The van der Waals surface area contributed by atoms with Gasteiger partial charge in [-0.1, -0.05) is 11.6 Å². The van der Waals surface area contributed by atoms with Gasteiger partial charge in [-0.15, -0.1) is 0 Å².